The van der Waals surface area contributed by atoms with Crippen molar-refractivity contribution in [1.29, 1.82) is 0 Å². The van der Waals surface area contributed by atoms with Gasteiger partial charge in [0.1, 0.15) is 5.69 Å². The van der Waals surface area contributed by atoms with Gasteiger partial charge in [0.05, 0.1) is 6.20 Å². The Hall–Kier alpha value is -1.48. The number of aromatic nitrogens is 2. The molecule has 0 aliphatic carbocycles. The first kappa shape index (κ1) is 11.0. The summed E-state index contributed by atoms with van der Waals surface area (Å²) < 4.78 is 13.5. The second kappa shape index (κ2) is 4.58. The van der Waals surface area contributed by atoms with Crippen LogP contribution in [0, 0.1) is 5.82 Å². The molecule has 0 amide bonds. The summed E-state index contributed by atoms with van der Waals surface area (Å²) in [6.07, 6.45) is 2.03. The molecule has 82 valence electrons. The molecule has 0 aliphatic heterocycles. The van der Waals surface area contributed by atoms with Crippen LogP contribution < -0.4 is 0 Å². The number of aryl methyl sites for hydroxylation is 1. The Bertz CT molecular complexity index is 497. The summed E-state index contributed by atoms with van der Waals surface area (Å²) in [6.45, 7) is 2.07. The maximum absolute atomic E-state index is 13.5. The van der Waals surface area contributed by atoms with Crippen LogP contribution in [0.15, 0.2) is 30.5 Å². The Morgan fingerprint density at radius 2 is 1.94 bits per heavy atom. The maximum atomic E-state index is 13.5. The van der Waals surface area contributed by atoms with Gasteiger partial charge in [-0.2, -0.15) is 0 Å². The van der Waals surface area contributed by atoms with E-state index in [1.54, 1.807) is 0 Å². The fourth-order valence-corrected chi connectivity index (χ4v) is 1.58. The highest BCUT2D eigenvalue weighted by Crippen LogP contribution is 2.21. The molecule has 1 aromatic heterocycles. The van der Waals surface area contributed by atoms with Gasteiger partial charge in [0.25, 0.3) is 0 Å². The molecule has 1 aromatic carbocycles. The van der Waals surface area contributed by atoms with Crippen molar-refractivity contribution in [3.8, 4) is 11.3 Å². The molecule has 16 heavy (non-hydrogen) atoms. The summed E-state index contributed by atoms with van der Waals surface area (Å²) >= 11 is 5.64. The molecule has 0 fully saturated rings. The minimum atomic E-state index is -0.464. The van der Waals surface area contributed by atoms with Crippen LogP contribution in [0.4, 0.5) is 4.39 Å². The molecule has 0 saturated heterocycles. The van der Waals surface area contributed by atoms with Gasteiger partial charge in [-0.3, -0.25) is 0 Å². The Morgan fingerprint density at radius 1 is 1.25 bits per heavy atom. The lowest BCUT2D eigenvalue weighted by Crippen LogP contribution is -1.92. The minimum absolute atomic E-state index is 0.0518. The average molecular weight is 237 g/mol. The average Bonchev–Trinajstić information content (AvgIpc) is 2.32. The molecule has 0 unspecified atom stereocenters. The number of hydrogen-bond donors (Lipinski definition) is 0. The highest BCUT2D eigenvalue weighted by molar-refractivity contribution is 6.28. The van der Waals surface area contributed by atoms with Gasteiger partial charge in [0.2, 0.25) is 5.28 Å². The number of rotatable bonds is 2. The quantitative estimate of drug-likeness (QED) is 0.746. The monoisotopic (exact) mass is 236 g/mol. The first-order chi connectivity index (χ1) is 7.70. The normalized spacial score (nSPS) is 10.4. The van der Waals surface area contributed by atoms with E-state index in [0.717, 1.165) is 12.6 Å². The van der Waals surface area contributed by atoms with E-state index >= 15 is 0 Å². The van der Waals surface area contributed by atoms with Crippen LogP contribution in [0.3, 0.4) is 0 Å². The summed E-state index contributed by atoms with van der Waals surface area (Å²) in [5.41, 5.74) is 2.14. The Kier molecular flexibility index (Phi) is 3.15. The van der Waals surface area contributed by atoms with Gasteiger partial charge >= 0.3 is 0 Å². The highest BCUT2D eigenvalue weighted by Gasteiger charge is 2.08. The lowest BCUT2D eigenvalue weighted by atomic mass is 10.1. The van der Waals surface area contributed by atoms with Gasteiger partial charge in [-0.05, 0) is 23.6 Å². The van der Waals surface area contributed by atoms with Crippen molar-refractivity contribution >= 4 is 11.6 Å². The fraction of sp³-hybridized carbons (Fsp3) is 0.167. The van der Waals surface area contributed by atoms with E-state index in [0.29, 0.717) is 5.56 Å². The van der Waals surface area contributed by atoms with Crippen molar-refractivity contribution < 1.29 is 4.39 Å². The van der Waals surface area contributed by atoms with E-state index in [1.165, 1.54) is 5.56 Å². The lowest BCUT2D eigenvalue weighted by molar-refractivity contribution is 0.618. The number of halogens is 2. The smallest absolute Gasteiger partial charge is 0.223 e. The molecule has 0 aliphatic rings. The van der Waals surface area contributed by atoms with Gasteiger partial charge in [0.15, 0.2) is 5.82 Å². The number of hydrogen-bond acceptors (Lipinski definition) is 2. The number of benzene rings is 1. The van der Waals surface area contributed by atoms with Gasteiger partial charge in [-0.1, -0.05) is 31.2 Å². The van der Waals surface area contributed by atoms with Gasteiger partial charge in [0, 0.05) is 5.56 Å². The topological polar surface area (TPSA) is 25.8 Å². The summed E-state index contributed by atoms with van der Waals surface area (Å²) in [5, 5.41) is 0.0518. The third kappa shape index (κ3) is 2.19. The third-order valence-corrected chi connectivity index (χ3v) is 2.53. The molecule has 0 saturated carbocycles. The van der Waals surface area contributed by atoms with Crippen molar-refractivity contribution in [2.75, 3.05) is 0 Å². The molecular weight excluding hydrogens is 227 g/mol. The van der Waals surface area contributed by atoms with E-state index in [-0.39, 0.29) is 11.0 Å². The van der Waals surface area contributed by atoms with Gasteiger partial charge in [-0.25, -0.2) is 14.4 Å². The molecular formula is C12H10ClFN2. The molecule has 0 radical (unpaired) electrons. The molecule has 0 N–H and O–H groups in total. The molecule has 0 atom stereocenters. The minimum Gasteiger partial charge on any atom is -0.223 e. The van der Waals surface area contributed by atoms with E-state index in [4.69, 9.17) is 11.6 Å². The van der Waals surface area contributed by atoms with Crippen LogP contribution >= 0.6 is 11.6 Å². The van der Waals surface area contributed by atoms with Crippen LogP contribution in [0.1, 0.15) is 12.5 Å². The fourth-order valence-electron chi connectivity index (χ4n) is 1.45. The zero-order chi connectivity index (χ0) is 11.5. The van der Waals surface area contributed by atoms with E-state index in [2.05, 4.69) is 16.9 Å². The standard InChI is InChI=1S/C12H10ClFN2/c1-2-8-3-5-9(6-4-8)11-10(14)7-15-12(13)16-11/h3-7H,2H2,1H3. The first-order valence-corrected chi connectivity index (χ1v) is 5.36. The summed E-state index contributed by atoms with van der Waals surface area (Å²) in [5.74, 6) is -0.464. The molecule has 1 heterocycles. The SMILES string of the molecule is CCc1ccc(-c2nc(Cl)ncc2F)cc1. The zero-order valence-corrected chi connectivity index (χ0v) is 9.50. The molecule has 4 heteroatoms. The lowest BCUT2D eigenvalue weighted by Gasteiger charge is -2.03. The van der Waals surface area contributed by atoms with Crippen LogP contribution in [0.5, 0.6) is 0 Å². The van der Waals surface area contributed by atoms with E-state index < -0.39 is 5.82 Å². The van der Waals surface area contributed by atoms with Crippen LogP contribution in [0.2, 0.25) is 5.28 Å². The van der Waals surface area contributed by atoms with Crippen molar-refractivity contribution in [2.24, 2.45) is 0 Å². The molecule has 2 aromatic rings. The summed E-state index contributed by atoms with van der Waals surface area (Å²) in [4.78, 5) is 7.46. The van der Waals surface area contributed by atoms with Crippen molar-refractivity contribution in [1.82, 2.24) is 9.97 Å². The Morgan fingerprint density at radius 3 is 2.56 bits per heavy atom. The molecule has 0 spiro atoms. The zero-order valence-electron chi connectivity index (χ0n) is 8.74. The highest BCUT2D eigenvalue weighted by atomic mass is 35.5. The Balaban J connectivity index is 2.45. The van der Waals surface area contributed by atoms with Crippen molar-refractivity contribution in [2.45, 2.75) is 13.3 Å². The van der Waals surface area contributed by atoms with E-state index in [9.17, 15) is 4.39 Å². The van der Waals surface area contributed by atoms with Gasteiger partial charge in [-0.15, -0.1) is 0 Å². The summed E-state index contributed by atoms with van der Waals surface area (Å²) in [6, 6.07) is 7.57. The van der Waals surface area contributed by atoms with Gasteiger partial charge < -0.3 is 0 Å². The molecule has 2 rings (SSSR count). The van der Waals surface area contributed by atoms with Crippen LogP contribution in [0.25, 0.3) is 11.3 Å². The second-order valence-electron chi connectivity index (χ2n) is 3.39. The van der Waals surface area contributed by atoms with Crippen molar-refractivity contribution in [3.05, 3.63) is 47.1 Å². The number of nitrogens with zero attached hydrogens (tertiary/aromatic N) is 2. The summed E-state index contributed by atoms with van der Waals surface area (Å²) in [7, 11) is 0. The predicted molar refractivity (Wildman–Crippen MR) is 61.8 cm³/mol. The largest absolute Gasteiger partial charge is 0.223 e. The van der Waals surface area contributed by atoms with Crippen molar-refractivity contribution in [3.63, 3.8) is 0 Å². The second-order valence-corrected chi connectivity index (χ2v) is 3.72. The molecule has 2 nitrogen and oxygen atoms in total. The molecule has 0 bridgehead atoms. The Labute approximate surface area is 98.1 Å². The van der Waals surface area contributed by atoms with Crippen LogP contribution in [-0.4, -0.2) is 9.97 Å². The first-order valence-electron chi connectivity index (χ1n) is 4.98. The van der Waals surface area contributed by atoms with Crippen LogP contribution in [-0.2, 0) is 6.42 Å². The maximum Gasteiger partial charge on any atom is 0.223 e. The predicted octanol–water partition coefficient (Wildman–Crippen LogP) is 3.50. The van der Waals surface area contributed by atoms with E-state index in [1.807, 2.05) is 24.3 Å². The third-order valence-electron chi connectivity index (χ3n) is 2.35.